The molecular weight excluding hydrogens is 827 g/mol. The molecule has 0 saturated carbocycles. The van der Waals surface area contributed by atoms with Gasteiger partial charge in [-0.15, -0.1) is 11.3 Å². The summed E-state index contributed by atoms with van der Waals surface area (Å²) in [6.07, 6.45) is 0. The lowest BCUT2D eigenvalue weighted by molar-refractivity contribution is 0.793. The molecule has 0 saturated heterocycles. The maximum absolute atomic E-state index is 2.51. The monoisotopic (exact) mass is 865 g/mol. The third-order valence-electron chi connectivity index (χ3n) is 15.0. The van der Waals surface area contributed by atoms with E-state index in [0.29, 0.717) is 0 Å². The average molecular weight is 866 g/mol. The molecule has 0 unspecified atom stereocenters. The highest BCUT2D eigenvalue weighted by molar-refractivity contribution is 7.26. The van der Waals surface area contributed by atoms with Crippen molar-refractivity contribution < 1.29 is 0 Å². The summed E-state index contributed by atoms with van der Waals surface area (Å²) in [5.41, 5.74) is 16.0. The number of anilines is 3. The molecule has 15 rings (SSSR count). The van der Waals surface area contributed by atoms with Crippen molar-refractivity contribution in [1.29, 1.82) is 0 Å². The summed E-state index contributed by atoms with van der Waals surface area (Å²) < 4.78 is 2.68. The maximum atomic E-state index is 2.51. The van der Waals surface area contributed by atoms with Crippen LogP contribution in [0.5, 0.6) is 0 Å². The Morgan fingerprint density at radius 2 is 0.716 bits per heavy atom. The molecule has 1 nitrogen and oxygen atoms in total. The molecule has 1 spiro atoms. The molecule has 13 aromatic rings. The van der Waals surface area contributed by atoms with Crippen LogP contribution in [0.25, 0.3) is 96.6 Å². The van der Waals surface area contributed by atoms with E-state index in [9.17, 15) is 0 Å². The van der Waals surface area contributed by atoms with Crippen molar-refractivity contribution in [3.63, 3.8) is 0 Å². The van der Waals surface area contributed by atoms with E-state index in [2.05, 4.69) is 241 Å². The van der Waals surface area contributed by atoms with E-state index in [1.807, 2.05) is 11.3 Å². The highest BCUT2D eigenvalue weighted by Crippen LogP contribution is 2.63. The summed E-state index contributed by atoms with van der Waals surface area (Å²) in [6, 6.07) is 88.9. The van der Waals surface area contributed by atoms with Crippen LogP contribution >= 0.6 is 11.3 Å². The Kier molecular flexibility index (Phi) is 7.65. The first kappa shape index (κ1) is 37.0. The Labute approximate surface area is 392 Å². The molecule has 310 valence electrons. The molecule has 12 aromatic carbocycles. The molecule has 0 radical (unpaired) electrons. The summed E-state index contributed by atoms with van der Waals surface area (Å²) in [5, 5.41) is 12.8. The predicted octanol–water partition coefficient (Wildman–Crippen LogP) is 18.1. The first-order chi connectivity index (χ1) is 33.2. The zero-order chi connectivity index (χ0) is 43.8. The highest BCUT2D eigenvalue weighted by atomic mass is 32.1. The zero-order valence-electron chi connectivity index (χ0n) is 36.4. The first-order valence-corrected chi connectivity index (χ1v) is 24.1. The third kappa shape index (κ3) is 5.03. The minimum Gasteiger partial charge on any atom is -0.310 e. The van der Waals surface area contributed by atoms with E-state index in [0.717, 1.165) is 17.1 Å². The van der Waals surface area contributed by atoms with Gasteiger partial charge in [-0.2, -0.15) is 0 Å². The second-order valence-electron chi connectivity index (χ2n) is 18.3. The van der Waals surface area contributed by atoms with E-state index in [-0.39, 0.29) is 0 Å². The quantitative estimate of drug-likeness (QED) is 0.159. The molecule has 0 aliphatic heterocycles. The van der Waals surface area contributed by atoms with Crippen molar-refractivity contribution >= 4 is 91.7 Å². The topological polar surface area (TPSA) is 3.24 Å². The number of rotatable bonds is 4. The van der Waals surface area contributed by atoms with Crippen LogP contribution in [0.2, 0.25) is 0 Å². The predicted molar refractivity (Wildman–Crippen MR) is 286 cm³/mol. The number of hydrogen-bond donors (Lipinski definition) is 0. The minimum atomic E-state index is -0.450. The van der Waals surface area contributed by atoms with E-state index in [4.69, 9.17) is 0 Å². The average Bonchev–Trinajstić information content (AvgIpc) is 4.03. The van der Waals surface area contributed by atoms with Gasteiger partial charge in [-0.3, -0.25) is 0 Å². The molecule has 2 aliphatic rings. The van der Waals surface area contributed by atoms with Crippen LogP contribution in [-0.4, -0.2) is 0 Å². The van der Waals surface area contributed by atoms with Crippen molar-refractivity contribution in [2.24, 2.45) is 0 Å². The van der Waals surface area contributed by atoms with E-state index < -0.39 is 5.41 Å². The van der Waals surface area contributed by atoms with E-state index >= 15 is 0 Å². The van der Waals surface area contributed by atoms with Gasteiger partial charge in [-0.25, -0.2) is 0 Å². The van der Waals surface area contributed by atoms with Gasteiger partial charge in [-0.05, 0) is 142 Å². The highest BCUT2D eigenvalue weighted by Gasteiger charge is 2.51. The van der Waals surface area contributed by atoms with Crippen molar-refractivity contribution in [1.82, 2.24) is 0 Å². The molecule has 0 N–H and O–H groups in total. The van der Waals surface area contributed by atoms with Crippen molar-refractivity contribution in [3.8, 4) is 33.4 Å². The molecule has 67 heavy (non-hydrogen) atoms. The SMILES string of the molecule is c1ccc2c(c1)-c1ccccc1C21c2ccccc2-c2ccc(N(c3ccc(-c4cc5c6ccccc6sc5c5ccccc45)cc3)c3ccc4c5ccccc5c5ccccc5c4c3)cc21. The van der Waals surface area contributed by atoms with Crippen LogP contribution in [0, 0.1) is 0 Å². The lowest BCUT2D eigenvalue weighted by Gasteiger charge is -2.32. The van der Waals surface area contributed by atoms with Gasteiger partial charge >= 0.3 is 0 Å². The number of benzene rings is 12. The second kappa shape index (κ2) is 13.9. The third-order valence-corrected chi connectivity index (χ3v) is 16.3. The van der Waals surface area contributed by atoms with Gasteiger partial charge in [-0.1, -0.05) is 188 Å². The Morgan fingerprint density at radius 3 is 1.34 bits per heavy atom. The van der Waals surface area contributed by atoms with Gasteiger partial charge in [0.25, 0.3) is 0 Å². The van der Waals surface area contributed by atoms with E-state index in [1.54, 1.807) is 0 Å². The van der Waals surface area contributed by atoms with Gasteiger partial charge in [0.2, 0.25) is 0 Å². The molecule has 0 bridgehead atoms. The van der Waals surface area contributed by atoms with Gasteiger partial charge in [0.1, 0.15) is 0 Å². The van der Waals surface area contributed by atoms with Gasteiger partial charge in [0.15, 0.2) is 0 Å². The smallest absolute Gasteiger partial charge is 0.0726 e. The standard InChI is InChI=1S/C65H39NS/c1-2-17-46-44(15-1)45-16-3-4-18-47(45)57-37-42(33-35-49(46)57)66(41-31-29-40(30-32-41)56-39-58-54-23-10-14-28-63(54)67-64(58)55-24-6-5-19-48(55)56)43-34-36-53-52-22-9-13-27-61(52)65(62(53)38-43)59-25-11-7-20-50(59)51-21-8-12-26-60(51)65/h1-39H. The van der Waals surface area contributed by atoms with Crippen LogP contribution in [0.1, 0.15) is 22.3 Å². The molecule has 2 heteroatoms. The molecular formula is C65H39NS. The van der Waals surface area contributed by atoms with Crippen molar-refractivity contribution in [2.75, 3.05) is 4.90 Å². The van der Waals surface area contributed by atoms with E-state index in [1.165, 1.54) is 119 Å². The molecule has 1 aromatic heterocycles. The maximum Gasteiger partial charge on any atom is 0.0726 e. The minimum absolute atomic E-state index is 0.450. The fourth-order valence-corrected chi connectivity index (χ4v) is 13.5. The fourth-order valence-electron chi connectivity index (χ4n) is 12.3. The summed E-state index contributed by atoms with van der Waals surface area (Å²) in [5.74, 6) is 0. The summed E-state index contributed by atoms with van der Waals surface area (Å²) in [7, 11) is 0. The van der Waals surface area contributed by atoms with Crippen LogP contribution < -0.4 is 4.90 Å². The molecule has 0 atom stereocenters. The zero-order valence-corrected chi connectivity index (χ0v) is 37.2. The Bertz CT molecular complexity index is 4130. The van der Waals surface area contributed by atoms with Crippen LogP contribution in [-0.2, 0) is 5.41 Å². The number of fused-ring (bicyclic) bond motifs is 21. The van der Waals surface area contributed by atoms with Gasteiger partial charge < -0.3 is 4.90 Å². The summed E-state index contributed by atoms with van der Waals surface area (Å²) >= 11 is 1.90. The van der Waals surface area contributed by atoms with Gasteiger partial charge in [0, 0.05) is 42.6 Å². The molecule has 0 fully saturated rings. The summed E-state index contributed by atoms with van der Waals surface area (Å²) in [4.78, 5) is 2.49. The Balaban J connectivity index is 0.976. The summed E-state index contributed by atoms with van der Waals surface area (Å²) in [6.45, 7) is 0. The first-order valence-electron chi connectivity index (χ1n) is 23.2. The van der Waals surface area contributed by atoms with Crippen LogP contribution in [0.15, 0.2) is 237 Å². The number of thiophene rings is 1. The second-order valence-corrected chi connectivity index (χ2v) is 19.3. The molecule has 0 amide bonds. The molecule has 1 heterocycles. The molecule has 2 aliphatic carbocycles. The lowest BCUT2D eigenvalue weighted by Crippen LogP contribution is -2.26. The Hall–Kier alpha value is -8.30. The van der Waals surface area contributed by atoms with Crippen LogP contribution in [0.4, 0.5) is 17.1 Å². The largest absolute Gasteiger partial charge is 0.310 e. The normalized spacial score (nSPS) is 13.2. The Morgan fingerprint density at radius 1 is 0.269 bits per heavy atom. The number of nitrogens with zero attached hydrogens (tertiary/aromatic N) is 1. The fraction of sp³-hybridized carbons (Fsp3) is 0.0154. The lowest BCUT2D eigenvalue weighted by atomic mass is 9.70. The van der Waals surface area contributed by atoms with Crippen LogP contribution in [0.3, 0.4) is 0 Å². The number of hydrogen-bond acceptors (Lipinski definition) is 2. The van der Waals surface area contributed by atoms with Crippen molar-refractivity contribution in [3.05, 3.63) is 259 Å². The van der Waals surface area contributed by atoms with Crippen molar-refractivity contribution in [2.45, 2.75) is 5.41 Å². The van der Waals surface area contributed by atoms with Gasteiger partial charge in [0.05, 0.1) is 5.41 Å².